The lowest BCUT2D eigenvalue weighted by molar-refractivity contribution is 0.524. The number of aromatic nitrogens is 3. The Labute approximate surface area is 108 Å². The maximum Gasteiger partial charge on any atom is 0.154 e. The van der Waals surface area contributed by atoms with E-state index in [2.05, 4.69) is 15.6 Å². The molecule has 7 heteroatoms. The first-order valence-electron chi connectivity index (χ1n) is 5.70. The second-order valence-corrected chi connectivity index (χ2v) is 4.20. The molecule has 0 saturated carbocycles. The summed E-state index contributed by atoms with van der Waals surface area (Å²) in [4.78, 5) is 0. The van der Waals surface area contributed by atoms with Crippen molar-refractivity contribution in [2.75, 3.05) is 7.05 Å². The van der Waals surface area contributed by atoms with Crippen LogP contribution in [0, 0.1) is 24.4 Å². The summed E-state index contributed by atoms with van der Waals surface area (Å²) in [5, 5.41) is 10.6. The molecular weight excluding hydrogens is 257 g/mol. The largest absolute Gasteiger partial charge is 0.312 e. The molecule has 1 aromatic carbocycles. The van der Waals surface area contributed by atoms with Crippen molar-refractivity contribution in [2.24, 2.45) is 0 Å². The first kappa shape index (κ1) is 13.5. The minimum atomic E-state index is -1.02. The summed E-state index contributed by atoms with van der Waals surface area (Å²) in [6.45, 7) is 3.49. The average molecular weight is 270 g/mol. The first-order chi connectivity index (χ1) is 8.95. The summed E-state index contributed by atoms with van der Waals surface area (Å²) < 4.78 is 41.3. The molecule has 1 N–H and O–H groups in total. The van der Waals surface area contributed by atoms with Crippen LogP contribution in [0.4, 0.5) is 13.2 Å². The molecular formula is C12H13F3N4. The summed E-state index contributed by atoms with van der Waals surface area (Å²) in [5.41, 5.74) is 0.637. The molecule has 0 saturated heterocycles. The van der Waals surface area contributed by atoms with Crippen molar-refractivity contribution in [3.8, 4) is 5.69 Å². The molecule has 0 aliphatic heterocycles. The lowest BCUT2D eigenvalue weighted by Crippen LogP contribution is -2.14. The topological polar surface area (TPSA) is 42.7 Å². The van der Waals surface area contributed by atoms with Crippen LogP contribution in [0.15, 0.2) is 12.1 Å². The van der Waals surface area contributed by atoms with E-state index in [1.165, 1.54) is 0 Å². The summed E-state index contributed by atoms with van der Waals surface area (Å²) in [5.74, 6) is -3.01. The summed E-state index contributed by atoms with van der Waals surface area (Å²) in [6.07, 6.45) is 0. The van der Waals surface area contributed by atoms with Crippen LogP contribution in [0.25, 0.3) is 5.69 Å². The van der Waals surface area contributed by atoms with Crippen molar-refractivity contribution in [3.05, 3.63) is 41.0 Å². The van der Waals surface area contributed by atoms with Crippen molar-refractivity contribution in [1.29, 1.82) is 0 Å². The molecule has 0 fully saturated rings. The van der Waals surface area contributed by atoms with Gasteiger partial charge < -0.3 is 5.32 Å². The summed E-state index contributed by atoms with van der Waals surface area (Å²) in [6, 6.07) is 1.11. The van der Waals surface area contributed by atoms with Gasteiger partial charge in [0.25, 0.3) is 0 Å². The molecule has 2 rings (SSSR count). The van der Waals surface area contributed by atoms with E-state index in [4.69, 9.17) is 0 Å². The van der Waals surface area contributed by atoms with Crippen LogP contribution < -0.4 is 5.32 Å². The van der Waals surface area contributed by atoms with Crippen LogP contribution in [0.3, 0.4) is 0 Å². The van der Waals surface area contributed by atoms with Crippen LogP contribution in [-0.4, -0.2) is 22.0 Å². The third-order valence-electron chi connectivity index (χ3n) is 2.97. The fraction of sp³-hybridized carbons (Fsp3) is 0.333. The number of halogens is 3. The van der Waals surface area contributed by atoms with Crippen LogP contribution in [0.5, 0.6) is 0 Å². The van der Waals surface area contributed by atoms with Crippen LogP contribution in [0.2, 0.25) is 0 Å². The van der Waals surface area contributed by atoms with Crippen molar-refractivity contribution in [1.82, 2.24) is 20.3 Å². The fourth-order valence-corrected chi connectivity index (χ4v) is 1.83. The van der Waals surface area contributed by atoms with Crippen LogP contribution in [-0.2, 0) is 0 Å². The lowest BCUT2D eigenvalue weighted by Gasteiger charge is -2.09. The molecule has 4 nitrogen and oxygen atoms in total. The predicted molar refractivity (Wildman–Crippen MR) is 63.4 cm³/mol. The van der Waals surface area contributed by atoms with E-state index in [0.29, 0.717) is 23.5 Å². The third-order valence-corrected chi connectivity index (χ3v) is 2.97. The van der Waals surface area contributed by atoms with Gasteiger partial charge in [0, 0.05) is 12.1 Å². The zero-order valence-corrected chi connectivity index (χ0v) is 10.7. The highest BCUT2D eigenvalue weighted by Crippen LogP contribution is 2.22. The Morgan fingerprint density at radius 1 is 1.21 bits per heavy atom. The SMILES string of the molecule is CNC(C)c1nnn(-c2c(F)cc(F)cc2F)c1C. The molecule has 0 spiro atoms. The molecule has 1 atom stereocenters. The molecule has 1 aromatic heterocycles. The zero-order valence-electron chi connectivity index (χ0n) is 10.7. The Hall–Kier alpha value is -1.89. The first-order valence-corrected chi connectivity index (χ1v) is 5.70. The highest BCUT2D eigenvalue weighted by atomic mass is 19.1. The normalized spacial score (nSPS) is 12.7. The molecule has 2 aromatic rings. The minimum absolute atomic E-state index is 0.111. The van der Waals surface area contributed by atoms with Gasteiger partial charge >= 0.3 is 0 Å². The molecule has 19 heavy (non-hydrogen) atoms. The van der Waals surface area contributed by atoms with Gasteiger partial charge in [0.1, 0.15) is 17.2 Å². The van der Waals surface area contributed by atoms with Gasteiger partial charge in [-0.3, -0.25) is 0 Å². The number of rotatable bonds is 3. The smallest absolute Gasteiger partial charge is 0.154 e. The third kappa shape index (κ3) is 2.33. The number of nitrogens with zero attached hydrogens (tertiary/aromatic N) is 3. The zero-order chi connectivity index (χ0) is 14.2. The van der Waals surface area contributed by atoms with E-state index in [9.17, 15) is 13.2 Å². The average Bonchev–Trinajstić information content (AvgIpc) is 2.69. The Balaban J connectivity index is 2.58. The number of nitrogens with one attached hydrogen (secondary N) is 1. The van der Waals surface area contributed by atoms with E-state index in [1.54, 1.807) is 14.0 Å². The summed E-state index contributed by atoms with van der Waals surface area (Å²) in [7, 11) is 1.74. The molecule has 0 radical (unpaired) electrons. The molecule has 1 heterocycles. The Bertz CT molecular complexity index is 586. The van der Waals surface area contributed by atoms with Crippen LogP contribution >= 0.6 is 0 Å². The maximum atomic E-state index is 13.7. The second kappa shape index (κ2) is 5.00. The lowest BCUT2D eigenvalue weighted by atomic mass is 10.2. The van der Waals surface area contributed by atoms with E-state index in [0.717, 1.165) is 4.68 Å². The second-order valence-electron chi connectivity index (χ2n) is 4.20. The van der Waals surface area contributed by atoms with Gasteiger partial charge in [0.2, 0.25) is 0 Å². The number of hydrogen-bond donors (Lipinski definition) is 1. The highest BCUT2D eigenvalue weighted by Gasteiger charge is 2.20. The van der Waals surface area contributed by atoms with Gasteiger partial charge in [-0.25, -0.2) is 17.9 Å². The predicted octanol–water partition coefficient (Wildman–Crippen LogP) is 2.27. The Kier molecular flexibility index (Phi) is 3.57. The Morgan fingerprint density at radius 3 is 2.32 bits per heavy atom. The summed E-state index contributed by atoms with van der Waals surface area (Å²) >= 11 is 0. The number of benzene rings is 1. The van der Waals surface area contributed by atoms with E-state index >= 15 is 0 Å². The van der Waals surface area contributed by atoms with Crippen LogP contribution in [0.1, 0.15) is 24.4 Å². The van der Waals surface area contributed by atoms with Crippen molar-refractivity contribution in [3.63, 3.8) is 0 Å². The van der Waals surface area contributed by atoms with E-state index < -0.39 is 23.1 Å². The molecule has 102 valence electrons. The fourth-order valence-electron chi connectivity index (χ4n) is 1.83. The minimum Gasteiger partial charge on any atom is -0.312 e. The van der Waals surface area contributed by atoms with Gasteiger partial charge in [-0.05, 0) is 20.9 Å². The van der Waals surface area contributed by atoms with Crippen molar-refractivity contribution < 1.29 is 13.2 Å². The van der Waals surface area contributed by atoms with Crippen molar-refractivity contribution >= 4 is 0 Å². The molecule has 0 aliphatic carbocycles. The standard InChI is InChI=1S/C12H13F3N4/c1-6(16-3)11-7(2)19(18-17-11)12-9(14)4-8(13)5-10(12)15/h4-6,16H,1-3H3. The van der Waals surface area contributed by atoms with Crippen molar-refractivity contribution in [2.45, 2.75) is 19.9 Å². The number of hydrogen-bond acceptors (Lipinski definition) is 3. The van der Waals surface area contributed by atoms with Gasteiger partial charge in [-0.2, -0.15) is 0 Å². The highest BCUT2D eigenvalue weighted by molar-refractivity contribution is 5.37. The van der Waals surface area contributed by atoms with E-state index in [-0.39, 0.29) is 6.04 Å². The van der Waals surface area contributed by atoms with Gasteiger partial charge in [-0.15, -0.1) is 5.10 Å². The van der Waals surface area contributed by atoms with Gasteiger partial charge in [0.15, 0.2) is 11.6 Å². The molecule has 1 unspecified atom stereocenters. The maximum absolute atomic E-state index is 13.7. The monoisotopic (exact) mass is 270 g/mol. The molecule has 0 amide bonds. The van der Waals surface area contributed by atoms with Gasteiger partial charge in [0.05, 0.1) is 11.7 Å². The quantitative estimate of drug-likeness (QED) is 0.930. The van der Waals surface area contributed by atoms with E-state index in [1.807, 2.05) is 6.92 Å². The molecule has 0 aliphatic rings. The Morgan fingerprint density at radius 2 is 1.79 bits per heavy atom. The van der Waals surface area contributed by atoms with Gasteiger partial charge in [-0.1, -0.05) is 5.21 Å². The molecule has 0 bridgehead atoms.